The molecule has 0 aliphatic carbocycles. The van der Waals surface area contributed by atoms with E-state index in [0.29, 0.717) is 25.6 Å². The van der Waals surface area contributed by atoms with Crippen LogP contribution in [-0.4, -0.2) is 40.2 Å². The Kier molecular flexibility index (Phi) is 7.51. The van der Waals surface area contributed by atoms with E-state index in [-0.39, 0.29) is 17.6 Å². The van der Waals surface area contributed by atoms with Crippen molar-refractivity contribution in [3.8, 4) is 5.75 Å². The average molecular weight is 480 g/mol. The van der Waals surface area contributed by atoms with Crippen molar-refractivity contribution in [2.45, 2.75) is 44.8 Å². The highest BCUT2D eigenvalue weighted by atomic mass is 32.2. The lowest BCUT2D eigenvalue weighted by Crippen LogP contribution is -2.43. The molecule has 34 heavy (non-hydrogen) atoms. The fourth-order valence-electron chi connectivity index (χ4n) is 4.50. The molecule has 3 aromatic rings. The van der Waals surface area contributed by atoms with Crippen molar-refractivity contribution < 1.29 is 14.3 Å². The number of nitrogens with zero attached hydrogens (tertiary/aromatic N) is 2. The van der Waals surface area contributed by atoms with E-state index in [1.165, 1.54) is 11.8 Å². The van der Waals surface area contributed by atoms with Crippen molar-refractivity contribution >= 4 is 34.5 Å². The van der Waals surface area contributed by atoms with Crippen LogP contribution in [0.5, 0.6) is 5.75 Å². The van der Waals surface area contributed by atoms with Crippen molar-refractivity contribution in [2.24, 2.45) is 13.0 Å². The largest absolute Gasteiger partial charge is 0.494 e. The number of aryl methyl sites for hydroxylation is 1. The highest BCUT2D eigenvalue weighted by Gasteiger charge is 2.39. The van der Waals surface area contributed by atoms with Crippen LogP contribution in [0.25, 0.3) is 10.9 Å². The predicted octanol–water partition coefficient (Wildman–Crippen LogP) is 4.91. The van der Waals surface area contributed by atoms with Crippen molar-refractivity contribution in [1.29, 1.82) is 0 Å². The lowest BCUT2D eigenvalue weighted by molar-refractivity contribution is -0.139. The van der Waals surface area contributed by atoms with Crippen molar-refractivity contribution in [3.63, 3.8) is 0 Å². The van der Waals surface area contributed by atoms with E-state index < -0.39 is 6.04 Å². The molecule has 6 nitrogen and oxygen atoms in total. The summed E-state index contributed by atoms with van der Waals surface area (Å²) in [5, 5.41) is 5.10. The Morgan fingerprint density at radius 3 is 2.68 bits per heavy atom. The van der Waals surface area contributed by atoms with Gasteiger partial charge in [0.2, 0.25) is 11.8 Å². The Balaban J connectivity index is 1.81. The molecule has 0 unspecified atom stereocenters. The van der Waals surface area contributed by atoms with Crippen LogP contribution in [0.3, 0.4) is 0 Å². The fourth-order valence-corrected chi connectivity index (χ4v) is 5.59. The Hall–Kier alpha value is -2.93. The molecule has 0 radical (unpaired) electrons. The number of carbonyl (C=O) groups excluding carboxylic acids is 2. The molecule has 0 saturated carbocycles. The Bertz CT molecular complexity index is 1190. The minimum Gasteiger partial charge on any atom is -0.494 e. The molecule has 0 saturated heterocycles. The maximum Gasteiger partial charge on any atom is 0.247 e. The highest BCUT2D eigenvalue weighted by Crippen LogP contribution is 2.42. The Morgan fingerprint density at radius 1 is 1.18 bits per heavy atom. The third-order valence-corrected chi connectivity index (χ3v) is 7.37. The number of benzene rings is 2. The molecule has 2 amide bonds. The maximum atomic E-state index is 13.8. The number of ether oxygens (including phenoxy) is 1. The molecule has 1 aromatic heterocycles. The number of rotatable bonds is 8. The molecule has 0 fully saturated rings. The summed E-state index contributed by atoms with van der Waals surface area (Å²) in [5.74, 6) is 1.31. The first-order valence-electron chi connectivity index (χ1n) is 11.9. The summed E-state index contributed by atoms with van der Waals surface area (Å²) in [7, 11) is 2.01. The lowest BCUT2D eigenvalue weighted by Gasteiger charge is -2.30. The first kappa shape index (κ1) is 24.2. The summed E-state index contributed by atoms with van der Waals surface area (Å²) in [6.07, 6.45) is 0.886. The van der Waals surface area contributed by atoms with E-state index in [2.05, 4.69) is 29.8 Å². The number of nitrogens with one attached hydrogen (secondary N) is 1. The van der Waals surface area contributed by atoms with Crippen molar-refractivity contribution in [1.82, 2.24) is 14.8 Å². The SMILES string of the molecule is CCOc1ccccc1CN1C(=O)CSc2c(c3ccccc3n2C)[C@@H]1C(=O)NCCC(C)C. The van der Waals surface area contributed by atoms with Crippen LogP contribution in [0.2, 0.25) is 0 Å². The van der Waals surface area contributed by atoms with Gasteiger partial charge < -0.3 is 19.5 Å². The Morgan fingerprint density at radius 2 is 1.91 bits per heavy atom. The van der Waals surface area contributed by atoms with E-state index in [9.17, 15) is 9.59 Å². The summed E-state index contributed by atoms with van der Waals surface area (Å²) in [5.41, 5.74) is 2.86. The van der Waals surface area contributed by atoms with E-state index in [1.54, 1.807) is 4.90 Å². The van der Waals surface area contributed by atoms with Gasteiger partial charge in [0.25, 0.3) is 0 Å². The van der Waals surface area contributed by atoms with E-state index in [0.717, 1.165) is 39.2 Å². The van der Waals surface area contributed by atoms with Crippen LogP contribution < -0.4 is 10.1 Å². The van der Waals surface area contributed by atoms with Gasteiger partial charge in [-0.25, -0.2) is 0 Å². The Labute approximate surface area is 205 Å². The fraction of sp³-hybridized carbons (Fsp3) is 0.407. The van der Waals surface area contributed by atoms with Gasteiger partial charge in [0.1, 0.15) is 11.8 Å². The summed E-state index contributed by atoms with van der Waals surface area (Å²) in [6.45, 7) is 7.64. The van der Waals surface area contributed by atoms with Crippen LogP contribution in [0.15, 0.2) is 53.6 Å². The zero-order valence-corrected chi connectivity index (χ0v) is 21.2. The van der Waals surface area contributed by atoms with Gasteiger partial charge in [0, 0.05) is 35.6 Å². The van der Waals surface area contributed by atoms with Gasteiger partial charge in [0.05, 0.1) is 23.9 Å². The molecule has 180 valence electrons. The van der Waals surface area contributed by atoms with E-state index in [1.807, 2.05) is 56.4 Å². The van der Waals surface area contributed by atoms with Gasteiger partial charge in [-0.05, 0) is 31.4 Å². The standard InChI is InChI=1S/C27H33N3O3S/c1-5-33-22-13-9-6-10-19(22)16-30-23(31)17-34-27-24(20-11-7-8-12-21(20)29(27)4)25(30)26(32)28-15-14-18(2)3/h6-13,18,25H,5,14-17H2,1-4H3,(H,28,32)/t25-/m1/s1. The average Bonchev–Trinajstić information content (AvgIpc) is 3.00. The molecule has 2 aromatic carbocycles. The minimum atomic E-state index is -0.717. The third kappa shape index (κ3) is 4.80. The molecule has 0 bridgehead atoms. The zero-order valence-electron chi connectivity index (χ0n) is 20.3. The van der Waals surface area contributed by atoms with Crippen LogP contribution >= 0.6 is 11.8 Å². The van der Waals surface area contributed by atoms with Gasteiger partial charge in [0.15, 0.2) is 0 Å². The summed E-state index contributed by atoms with van der Waals surface area (Å²) < 4.78 is 7.93. The number of thioether (sulfide) groups is 1. The highest BCUT2D eigenvalue weighted by molar-refractivity contribution is 8.00. The lowest BCUT2D eigenvalue weighted by atomic mass is 10.0. The molecule has 0 spiro atoms. The molecule has 1 N–H and O–H groups in total. The molecule has 1 atom stereocenters. The number of fused-ring (bicyclic) bond motifs is 3. The molecule has 7 heteroatoms. The first-order chi connectivity index (χ1) is 16.4. The second kappa shape index (κ2) is 10.6. The normalized spacial score (nSPS) is 16.0. The second-order valence-corrected chi connectivity index (χ2v) is 9.99. The number of carbonyl (C=O) groups is 2. The van der Waals surface area contributed by atoms with Gasteiger partial charge in [-0.15, -0.1) is 0 Å². The summed E-state index contributed by atoms with van der Waals surface area (Å²) in [6, 6.07) is 15.1. The second-order valence-electron chi connectivity index (χ2n) is 9.02. The van der Waals surface area contributed by atoms with Gasteiger partial charge in [-0.3, -0.25) is 9.59 Å². The zero-order chi connectivity index (χ0) is 24.2. The molecule has 4 rings (SSSR count). The minimum absolute atomic E-state index is 0.0550. The summed E-state index contributed by atoms with van der Waals surface area (Å²) >= 11 is 1.51. The number of aromatic nitrogens is 1. The topological polar surface area (TPSA) is 63.6 Å². The van der Waals surface area contributed by atoms with E-state index in [4.69, 9.17) is 4.74 Å². The molecular formula is C27H33N3O3S. The van der Waals surface area contributed by atoms with Crippen molar-refractivity contribution in [2.75, 3.05) is 18.9 Å². The third-order valence-electron chi connectivity index (χ3n) is 6.21. The molecule has 1 aliphatic rings. The van der Waals surface area contributed by atoms with Gasteiger partial charge in [-0.1, -0.05) is 62.0 Å². The van der Waals surface area contributed by atoms with Crippen LogP contribution in [0.4, 0.5) is 0 Å². The monoisotopic (exact) mass is 479 g/mol. The van der Waals surface area contributed by atoms with Crippen LogP contribution in [-0.2, 0) is 23.2 Å². The van der Waals surface area contributed by atoms with E-state index >= 15 is 0 Å². The predicted molar refractivity (Wildman–Crippen MR) is 137 cm³/mol. The molecular weight excluding hydrogens is 446 g/mol. The van der Waals surface area contributed by atoms with Crippen molar-refractivity contribution in [3.05, 3.63) is 59.7 Å². The smallest absolute Gasteiger partial charge is 0.247 e. The molecule has 2 heterocycles. The number of hydrogen-bond donors (Lipinski definition) is 1. The van der Waals surface area contributed by atoms with Crippen LogP contribution in [0, 0.1) is 5.92 Å². The first-order valence-corrected chi connectivity index (χ1v) is 12.9. The number of amides is 2. The molecule has 1 aliphatic heterocycles. The number of para-hydroxylation sites is 2. The number of hydrogen-bond acceptors (Lipinski definition) is 4. The van der Waals surface area contributed by atoms with Crippen LogP contribution in [0.1, 0.15) is 44.4 Å². The quantitative estimate of drug-likeness (QED) is 0.498. The maximum absolute atomic E-state index is 13.8. The van der Waals surface area contributed by atoms with Gasteiger partial charge in [-0.2, -0.15) is 0 Å². The summed E-state index contributed by atoms with van der Waals surface area (Å²) in [4.78, 5) is 29.0. The van der Waals surface area contributed by atoms with Gasteiger partial charge >= 0.3 is 0 Å².